The van der Waals surface area contributed by atoms with Gasteiger partial charge in [0.1, 0.15) is 23.4 Å². The Bertz CT molecular complexity index is 1440. The maximum atomic E-state index is 12.8. The number of hydrogen-bond acceptors (Lipinski definition) is 7. The molecule has 0 atom stereocenters. The fourth-order valence-electron chi connectivity index (χ4n) is 3.73. The quantitative estimate of drug-likeness (QED) is 0.309. The van der Waals surface area contributed by atoms with Crippen molar-refractivity contribution >= 4 is 34.8 Å². The molecule has 1 aromatic carbocycles. The number of nitrogen functional groups attached to an aromatic ring is 1. The predicted molar refractivity (Wildman–Crippen MR) is 130 cm³/mol. The Hall–Kier alpha value is -4.68. The molecule has 0 saturated carbocycles. The minimum absolute atomic E-state index is 0.161. The molecular formula is C24H22F3N7O3. The van der Waals surface area contributed by atoms with E-state index in [0.717, 1.165) is 28.8 Å². The first kappa shape index (κ1) is 25.4. The summed E-state index contributed by atoms with van der Waals surface area (Å²) in [6, 6.07) is 9.15. The van der Waals surface area contributed by atoms with Gasteiger partial charge in [-0.15, -0.1) is 0 Å². The molecule has 3 aromatic heterocycles. The first-order valence-corrected chi connectivity index (χ1v) is 11.1. The molecule has 192 valence electrons. The van der Waals surface area contributed by atoms with Crippen LogP contribution in [-0.2, 0) is 22.1 Å². The molecule has 0 spiro atoms. The third-order valence-corrected chi connectivity index (χ3v) is 5.30. The lowest BCUT2D eigenvalue weighted by Crippen LogP contribution is -2.21. The molecule has 4 N–H and O–H groups in total. The Kier molecular flexibility index (Phi) is 7.22. The zero-order valence-corrected chi connectivity index (χ0v) is 19.5. The van der Waals surface area contributed by atoms with Gasteiger partial charge in [0.15, 0.2) is 5.82 Å². The van der Waals surface area contributed by atoms with Crippen molar-refractivity contribution in [2.45, 2.75) is 25.9 Å². The molecule has 0 aliphatic carbocycles. The summed E-state index contributed by atoms with van der Waals surface area (Å²) in [7, 11) is 0. The van der Waals surface area contributed by atoms with Gasteiger partial charge >= 0.3 is 18.2 Å². The van der Waals surface area contributed by atoms with Crippen LogP contribution in [0.4, 0.5) is 35.3 Å². The number of aromatic nitrogens is 4. The SMILES string of the molecule is CCOC(=O)CCc1cn2ncnc(N)c2c1-c1ccc(NC(=O)Nc2cccc(C(F)(F)F)n2)cc1. The molecule has 13 heteroatoms. The van der Waals surface area contributed by atoms with Crippen LogP contribution in [0.3, 0.4) is 0 Å². The Morgan fingerprint density at radius 1 is 1.11 bits per heavy atom. The maximum Gasteiger partial charge on any atom is 0.433 e. The summed E-state index contributed by atoms with van der Waals surface area (Å²) in [6.07, 6.45) is -0.996. The van der Waals surface area contributed by atoms with E-state index in [2.05, 4.69) is 25.7 Å². The minimum atomic E-state index is -4.63. The van der Waals surface area contributed by atoms with Crippen molar-refractivity contribution in [3.8, 4) is 11.1 Å². The van der Waals surface area contributed by atoms with E-state index in [1.54, 1.807) is 41.9 Å². The second kappa shape index (κ2) is 10.5. The fraction of sp³-hybridized carbons (Fsp3) is 0.208. The number of halogens is 3. The Morgan fingerprint density at radius 2 is 1.86 bits per heavy atom. The van der Waals surface area contributed by atoms with Gasteiger partial charge in [0.2, 0.25) is 0 Å². The number of alkyl halides is 3. The van der Waals surface area contributed by atoms with Crippen LogP contribution in [0.5, 0.6) is 0 Å². The van der Waals surface area contributed by atoms with Crippen molar-refractivity contribution in [3.63, 3.8) is 0 Å². The van der Waals surface area contributed by atoms with Crippen LogP contribution >= 0.6 is 0 Å². The maximum absolute atomic E-state index is 12.8. The fourth-order valence-corrected chi connectivity index (χ4v) is 3.73. The van der Waals surface area contributed by atoms with Crippen molar-refractivity contribution in [2.24, 2.45) is 0 Å². The topological polar surface area (TPSA) is 137 Å². The number of urea groups is 1. The number of pyridine rings is 1. The smallest absolute Gasteiger partial charge is 0.433 e. The van der Waals surface area contributed by atoms with E-state index in [4.69, 9.17) is 10.5 Å². The zero-order chi connectivity index (χ0) is 26.6. The molecule has 4 rings (SSSR count). The molecular weight excluding hydrogens is 491 g/mol. The number of amides is 2. The largest absolute Gasteiger partial charge is 0.466 e. The lowest BCUT2D eigenvalue weighted by Gasteiger charge is -2.11. The van der Waals surface area contributed by atoms with Crippen molar-refractivity contribution < 1.29 is 27.5 Å². The number of rotatable bonds is 7. The molecule has 3 heterocycles. The van der Waals surface area contributed by atoms with Crippen LogP contribution in [-0.4, -0.2) is 38.2 Å². The molecule has 0 fully saturated rings. The van der Waals surface area contributed by atoms with E-state index in [1.807, 2.05) is 0 Å². The molecule has 10 nitrogen and oxygen atoms in total. The average molecular weight is 513 g/mol. The molecule has 0 unspecified atom stereocenters. The van der Waals surface area contributed by atoms with Crippen molar-refractivity contribution in [2.75, 3.05) is 23.0 Å². The molecule has 0 bridgehead atoms. The Morgan fingerprint density at radius 3 is 2.57 bits per heavy atom. The van der Waals surface area contributed by atoms with Crippen molar-refractivity contribution in [3.05, 3.63) is 66.2 Å². The van der Waals surface area contributed by atoms with Crippen LogP contribution < -0.4 is 16.4 Å². The number of hydrogen-bond donors (Lipinski definition) is 3. The van der Waals surface area contributed by atoms with Gasteiger partial charge < -0.3 is 15.8 Å². The number of anilines is 3. The van der Waals surface area contributed by atoms with Gasteiger partial charge in [0.05, 0.1) is 6.61 Å². The molecule has 37 heavy (non-hydrogen) atoms. The third kappa shape index (κ3) is 5.94. The highest BCUT2D eigenvalue weighted by molar-refractivity contribution is 5.99. The normalized spacial score (nSPS) is 11.4. The van der Waals surface area contributed by atoms with E-state index < -0.39 is 17.9 Å². The number of nitrogens with two attached hydrogens (primary N) is 1. The van der Waals surface area contributed by atoms with Crippen molar-refractivity contribution in [1.82, 2.24) is 19.6 Å². The van der Waals surface area contributed by atoms with Gasteiger partial charge in [0.25, 0.3) is 0 Å². The van der Waals surface area contributed by atoms with E-state index in [9.17, 15) is 22.8 Å². The summed E-state index contributed by atoms with van der Waals surface area (Å²) in [5, 5.41) is 9.03. The Labute approximate surface area is 208 Å². The van der Waals surface area contributed by atoms with E-state index in [0.29, 0.717) is 17.6 Å². The number of esters is 1. The second-order valence-electron chi connectivity index (χ2n) is 7.84. The highest BCUT2D eigenvalue weighted by Gasteiger charge is 2.32. The number of carbonyl (C=O) groups is 2. The van der Waals surface area contributed by atoms with Crippen LogP contribution in [0.1, 0.15) is 24.6 Å². The second-order valence-corrected chi connectivity index (χ2v) is 7.84. The lowest BCUT2D eigenvalue weighted by molar-refractivity contribution is -0.143. The Balaban J connectivity index is 1.54. The van der Waals surface area contributed by atoms with Gasteiger partial charge in [-0.05, 0) is 48.7 Å². The zero-order valence-electron chi connectivity index (χ0n) is 19.5. The standard InChI is InChI=1S/C24H22F3N7O3/c1-2-37-19(35)11-8-15-12-34-21(22(28)29-13-30-34)20(15)14-6-9-16(10-7-14)31-23(36)33-18-5-3-4-17(32-18)24(25,26)27/h3-7,9-10,12-13H,2,8,11H2,1H3,(H2,28,29,30)(H2,31,32,33,36). The molecule has 0 aliphatic rings. The number of benzene rings is 1. The van der Waals surface area contributed by atoms with Crippen LogP contribution in [0, 0.1) is 0 Å². The molecule has 0 radical (unpaired) electrons. The van der Waals surface area contributed by atoms with Gasteiger partial charge in [0, 0.05) is 23.9 Å². The number of aryl methyl sites for hydroxylation is 1. The van der Waals surface area contributed by atoms with Gasteiger partial charge in [-0.3, -0.25) is 10.1 Å². The summed E-state index contributed by atoms with van der Waals surface area (Å²) < 4.78 is 45.2. The highest BCUT2D eigenvalue weighted by atomic mass is 19.4. The number of carbonyl (C=O) groups excluding carboxylic acids is 2. The minimum Gasteiger partial charge on any atom is -0.466 e. The molecule has 2 amide bonds. The molecule has 4 aromatic rings. The molecule has 0 saturated heterocycles. The van der Waals surface area contributed by atoms with E-state index >= 15 is 0 Å². The highest BCUT2D eigenvalue weighted by Crippen LogP contribution is 2.34. The number of nitrogens with one attached hydrogen (secondary N) is 2. The van der Waals surface area contributed by atoms with E-state index in [1.165, 1.54) is 12.4 Å². The summed E-state index contributed by atoms with van der Waals surface area (Å²) >= 11 is 0. The third-order valence-electron chi connectivity index (χ3n) is 5.30. The first-order chi connectivity index (χ1) is 17.7. The average Bonchev–Trinajstić information content (AvgIpc) is 3.23. The predicted octanol–water partition coefficient (Wildman–Crippen LogP) is 4.53. The number of nitrogens with zero attached hydrogens (tertiary/aromatic N) is 4. The first-order valence-electron chi connectivity index (χ1n) is 11.1. The van der Waals surface area contributed by atoms with Gasteiger partial charge in [-0.1, -0.05) is 18.2 Å². The van der Waals surface area contributed by atoms with Gasteiger partial charge in [-0.25, -0.2) is 19.3 Å². The van der Waals surface area contributed by atoms with Crippen LogP contribution in [0.15, 0.2) is 55.0 Å². The summed E-state index contributed by atoms with van der Waals surface area (Å²) in [4.78, 5) is 31.7. The van der Waals surface area contributed by atoms with Crippen LogP contribution in [0.25, 0.3) is 16.6 Å². The summed E-state index contributed by atoms with van der Waals surface area (Å²) in [6.45, 7) is 2.02. The monoisotopic (exact) mass is 513 g/mol. The van der Waals surface area contributed by atoms with Gasteiger partial charge in [-0.2, -0.15) is 18.3 Å². The summed E-state index contributed by atoms with van der Waals surface area (Å²) in [5.41, 5.74) is 8.21. The number of ether oxygens (including phenoxy) is 1. The van der Waals surface area contributed by atoms with E-state index in [-0.39, 0.29) is 30.6 Å². The lowest BCUT2D eigenvalue weighted by atomic mass is 9.99. The molecule has 0 aliphatic heterocycles. The van der Waals surface area contributed by atoms with Crippen LogP contribution in [0.2, 0.25) is 0 Å². The summed E-state index contributed by atoms with van der Waals surface area (Å²) in [5.74, 6) is -0.322. The van der Waals surface area contributed by atoms with Crippen molar-refractivity contribution in [1.29, 1.82) is 0 Å². The number of fused-ring (bicyclic) bond motifs is 1.